The highest BCUT2D eigenvalue weighted by atomic mass is 16.5. The van der Waals surface area contributed by atoms with Gasteiger partial charge in [0.15, 0.2) is 0 Å². The Morgan fingerprint density at radius 2 is 0.889 bits per heavy atom. The second-order valence-electron chi connectivity index (χ2n) is 17.7. The van der Waals surface area contributed by atoms with Crippen LogP contribution in [0.5, 0.6) is 0 Å². The van der Waals surface area contributed by atoms with Gasteiger partial charge in [0.05, 0.1) is 25.2 Å². The van der Waals surface area contributed by atoms with Crippen LogP contribution in [0.2, 0.25) is 0 Å². The Labute approximate surface area is 389 Å². The molecule has 1 amide bonds. The van der Waals surface area contributed by atoms with Crippen molar-refractivity contribution in [3.05, 3.63) is 85.1 Å². The molecule has 0 aromatic heterocycles. The molecule has 0 radical (unpaired) electrons. The molecular formula is C57H99NO5. The molecule has 0 saturated carbocycles. The molecule has 3 atom stereocenters. The zero-order valence-electron chi connectivity index (χ0n) is 41.2. The number of hydrogen-bond donors (Lipinski definition) is 3. The first kappa shape index (κ1) is 60.0. The highest BCUT2D eigenvalue weighted by molar-refractivity contribution is 5.77. The normalized spacial score (nSPS) is 13.9. The molecule has 0 aliphatic carbocycles. The fourth-order valence-corrected chi connectivity index (χ4v) is 7.64. The third kappa shape index (κ3) is 45.4. The van der Waals surface area contributed by atoms with Gasteiger partial charge in [-0.1, -0.05) is 247 Å². The summed E-state index contributed by atoms with van der Waals surface area (Å²) in [5, 5.41) is 23.7. The Kier molecular flexibility index (Phi) is 47.7. The summed E-state index contributed by atoms with van der Waals surface area (Å²) in [5.74, 6) is -0.554. The standard InChI is InChI=1S/C57H99NO5/c1-4-7-10-13-16-19-22-24-26-27-28-29-31-33-35-38-41-44-47-50-57(62)63-53(48-45-42-39-36-34-32-30-25-23-20-17-14-11-8-5-2)51-56(61)58-54(52-59)55(60)49-46-43-40-37-21-18-15-12-9-6-3/h8,11,14,17,20,23-26,30,32,34,36,39,53-55,59-60H,4-7,9-10,12-13,15-16,18-19,21-22,27-29,31,33,35,37-38,40-52H2,1-3H3,(H,58,61)/b11-8-,17-14+,23-20+,26-24+,30-25-,34-32+,39-36+. The molecule has 0 aliphatic heterocycles. The summed E-state index contributed by atoms with van der Waals surface area (Å²) in [6, 6.07) is -0.729. The number of carbonyl (C=O) groups excluding carboxylic acids is 2. The predicted molar refractivity (Wildman–Crippen MR) is 273 cm³/mol. The summed E-state index contributed by atoms with van der Waals surface area (Å²) in [6.45, 7) is 6.30. The van der Waals surface area contributed by atoms with Crippen molar-refractivity contribution < 1.29 is 24.5 Å². The second kappa shape index (κ2) is 50.0. The molecule has 0 aliphatic rings. The third-order valence-corrected chi connectivity index (χ3v) is 11.6. The number of amides is 1. The quantitative estimate of drug-likeness (QED) is 0.0245. The minimum Gasteiger partial charge on any atom is -0.462 e. The molecule has 0 bridgehead atoms. The summed E-state index contributed by atoms with van der Waals surface area (Å²) in [6.07, 6.45) is 65.1. The van der Waals surface area contributed by atoms with Gasteiger partial charge in [-0.15, -0.1) is 0 Å². The lowest BCUT2D eigenvalue weighted by molar-refractivity contribution is -0.151. The summed E-state index contributed by atoms with van der Waals surface area (Å²) >= 11 is 0. The van der Waals surface area contributed by atoms with Crippen LogP contribution in [0.3, 0.4) is 0 Å². The zero-order valence-corrected chi connectivity index (χ0v) is 41.2. The molecule has 6 nitrogen and oxygen atoms in total. The largest absolute Gasteiger partial charge is 0.462 e. The average molecular weight is 878 g/mol. The van der Waals surface area contributed by atoms with Crippen LogP contribution < -0.4 is 5.32 Å². The Balaban J connectivity index is 4.67. The maximum Gasteiger partial charge on any atom is 0.306 e. The predicted octanol–water partition coefficient (Wildman–Crippen LogP) is 16.0. The van der Waals surface area contributed by atoms with Crippen LogP contribution in [0.15, 0.2) is 85.1 Å². The molecule has 0 aromatic carbocycles. The van der Waals surface area contributed by atoms with Gasteiger partial charge in [-0.05, 0) is 64.2 Å². The van der Waals surface area contributed by atoms with Gasteiger partial charge in [0.25, 0.3) is 0 Å². The van der Waals surface area contributed by atoms with Gasteiger partial charge in [-0.2, -0.15) is 0 Å². The fraction of sp³-hybridized carbons (Fsp3) is 0.719. The van der Waals surface area contributed by atoms with Crippen molar-refractivity contribution in [3.8, 4) is 0 Å². The van der Waals surface area contributed by atoms with Crippen molar-refractivity contribution >= 4 is 11.9 Å². The smallest absolute Gasteiger partial charge is 0.306 e. The van der Waals surface area contributed by atoms with Crippen molar-refractivity contribution in [2.45, 2.75) is 257 Å². The van der Waals surface area contributed by atoms with E-state index in [2.05, 4.69) is 50.4 Å². The maximum absolute atomic E-state index is 13.2. The first-order valence-corrected chi connectivity index (χ1v) is 26.4. The van der Waals surface area contributed by atoms with Gasteiger partial charge in [0.2, 0.25) is 5.91 Å². The lowest BCUT2D eigenvalue weighted by Crippen LogP contribution is -2.46. The van der Waals surface area contributed by atoms with E-state index >= 15 is 0 Å². The van der Waals surface area contributed by atoms with Gasteiger partial charge in [-0.3, -0.25) is 9.59 Å². The molecule has 0 heterocycles. The minimum atomic E-state index is -0.810. The number of hydrogen-bond acceptors (Lipinski definition) is 5. The number of ether oxygens (including phenoxy) is 1. The monoisotopic (exact) mass is 878 g/mol. The molecule has 3 unspecified atom stereocenters. The summed E-state index contributed by atoms with van der Waals surface area (Å²) in [5.41, 5.74) is 0. The van der Waals surface area contributed by atoms with Gasteiger partial charge in [0.1, 0.15) is 6.10 Å². The van der Waals surface area contributed by atoms with E-state index in [9.17, 15) is 19.8 Å². The summed E-state index contributed by atoms with van der Waals surface area (Å²) in [7, 11) is 0. The van der Waals surface area contributed by atoms with Gasteiger partial charge >= 0.3 is 5.97 Å². The Morgan fingerprint density at radius 1 is 0.476 bits per heavy atom. The fourth-order valence-electron chi connectivity index (χ4n) is 7.64. The summed E-state index contributed by atoms with van der Waals surface area (Å²) < 4.78 is 5.90. The molecule has 0 rings (SSSR count). The molecule has 362 valence electrons. The molecule has 0 spiro atoms. The molecule has 0 aromatic rings. The number of carbonyl (C=O) groups is 2. The first-order valence-electron chi connectivity index (χ1n) is 26.4. The minimum absolute atomic E-state index is 0.0225. The SMILES string of the molecule is CC\C=C/C=C/C=C/C=C\C=C\C=C\CCCC(CC(=O)NC(CO)C(O)CCCCCCCCCCCC)OC(=O)CCCCCCCCCCC/C=C/CCCCCCCC. The van der Waals surface area contributed by atoms with Gasteiger partial charge in [0, 0.05) is 6.42 Å². The molecule has 0 fully saturated rings. The van der Waals surface area contributed by atoms with Gasteiger partial charge in [-0.25, -0.2) is 0 Å². The van der Waals surface area contributed by atoms with Crippen molar-refractivity contribution in [1.29, 1.82) is 0 Å². The first-order chi connectivity index (χ1) is 31.0. The number of aliphatic hydroxyl groups is 2. The van der Waals surface area contributed by atoms with Crippen LogP contribution in [-0.2, 0) is 14.3 Å². The molecule has 3 N–H and O–H groups in total. The van der Waals surface area contributed by atoms with Gasteiger partial charge < -0.3 is 20.3 Å². The van der Waals surface area contributed by atoms with Crippen molar-refractivity contribution in [3.63, 3.8) is 0 Å². The topological polar surface area (TPSA) is 95.9 Å². The molecular weight excluding hydrogens is 779 g/mol. The average Bonchev–Trinajstić information content (AvgIpc) is 3.28. The van der Waals surface area contributed by atoms with Crippen molar-refractivity contribution in [2.24, 2.45) is 0 Å². The number of allylic oxidation sites excluding steroid dienone is 14. The van der Waals surface area contributed by atoms with E-state index in [4.69, 9.17) is 4.74 Å². The van der Waals surface area contributed by atoms with Crippen LogP contribution >= 0.6 is 0 Å². The Bertz CT molecular complexity index is 1210. The Morgan fingerprint density at radius 3 is 1.37 bits per heavy atom. The zero-order chi connectivity index (χ0) is 45.9. The van der Waals surface area contributed by atoms with Crippen LogP contribution in [-0.4, -0.2) is 46.9 Å². The van der Waals surface area contributed by atoms with E-state index < -0.39 is 18.2 Å². The highest BCUT2D eigenvalue weighted by Crippen LogP contribution is 2.17. The third-order valence-electron chi connectivity index (χ3n) is 11.6. The number of aliphatic hydroxyl groups excluding tert-OH is 2. The van der Waals surface area contributed by atoms with Crippen molar-refractivity contribution in [1.82, 2.24) is 5.32 Å². The number of nitrogens with one attached hydrogen (secondary N) is 1. The number of esters is 1. The lowest BCUT2D eigenvalue weighted by atomic mass is 10.0. The molecule has 63 heavy (non-hydrogen) atoms. The lowest BCUT2D eigenvalue weighted by Gasteiger charge is -2.24. The molecule has 6 heteroatoms. The van der Waals surface area contributed by atoms with Crippen LogP contribution in [0.25, 0.3) is 0 Å². The number of rotatable bonds is 46. The Hall–Kier alpha value is -2.96. The van der Waals surface area contributed by atoms with E-state index in [-0.39, 0.29) is 24.9 Å². The second-order valence-corrected chi connectivity index (χ2v) is 17.7. The van der Waals surface area contributed by atoms with Crippen LogP contribution in [0, 0.1) is 0 Å². The van der Waals surface area contributed by atoms with E-state index in [1.807, 2.05) is 60.8 Å². The summed E-state index contributed by atoms with van der Waals surface area (Å²) in [4.78, 5) is 26.1. The van der Waals surface area contributed by atoms with E-state index in [0.29, 0.717) is 19.3 Å². The molecule has 0 saturated heterocycles. The van der Waals surface area contributed by atoms with E-state index in [1.165, 1.54) is 135 Å². The van der Waals surface area contributed by atoms with Crippen LogP contribution in [0.4, 0.5) is 0 Å². The highest BCUT2D eigenvalue weighted by Gasteiger charge is 2.24. The van der Waals surface area contributed by atoms with E-state index in [1.54, 1.807) is 0 Å². The maximum atomic E-state index is 13.2. The van der Waals surface area contributed by atoms with E-state index in [0.717, 1.165) is 57.8 Å². The number of unbranched alkanes of at least 4 members (excludes halogenated alkanes) is 25. The van der Waals surface area contributed by atoms with Crippen LogP contribution in [0.1, 0.15) is 239 Å². The van der Waals surface area contributed by atoms with Crippen molar-refractivity contribution in [2.75, 3.05) is 6.61 Å².